The van der Waals surface area contributed by atoms with Crippen LogP contribution in [0.3, 0.4) is 0 Å². The third kappa shape index (κ3) is 5.30. The van der Waals surface area contributed by atoms with Crippen LogP contribution >= 0.6 is 12.6 Å². The molecule has 0 unspecified atom stereocenters. The van der Waals surface area contributed by atoms with Gasteiger partial charge < -0.3 is 5.32 Å². The van der Waals surface area contributed by atoms with Gasteiger partial charge in [-0.05, 0) is 31.4 Å². The van der Waals surface area contributed by atoms with Crippen LogP contribution in [0.2, 0.25) is 0 Å². The van der Waals surface area contributed by atoms with Gasteiger partial charge >= 0.3 is 0 Å². The molecular weight excluding hydrogens is 190 g/mol. The molecule has 0 saturated heterocycles. The fraction of sp³-hybridized carbons (Fsp3) is 0.500. The maximum Gasteiger partial charge on any atom is 0.00397 e. The SMILES string of the molecule is SCCNCCCCc1ccccc1. The second kappa shape index (κ2) is 7.89. The normalized spacial score (nSPS) is 10.4. The van der Waals surface area contributed by atoms with Crippen LogP contribution in [-0.4, -0.2) is 18.8 Å². The maximum absolute atomic E-state index is 4.14. The standard InChI is InChI=1S/C12H19NS/c14-11-10-13-9-5-4-8-12-6-2-1-3-7-12/h1-3,6-7,13-14H,4-5,8-11H2. The summed E-state index contributed by atoms with van der Waals surface area (Å²) in [5, 5.41) is 3.34. The Bertz CT molecular complexity index is 223. The number of thiol groups is 1. The largest absolute Gasteiger partial charge is 0.316 e. The number of unbranched alkanes of at least 4 members (excludes halogenated alkanes) is 1. The fourth-order valence-corrected chi connectivity index (χ4v) is 1.59. The molecule has 0 aliphatic heterocycles. The zero-order valence-corrected chi connectivity index (χ0v) is 9.47. The van der Waals surface area contributed by atoms with Crippen molar-refractivity contribution in [3.63, 3.8) is 0 Å². The summed E-state index contributed by atoms with van der Waals surface area (Å²) in [4.78, 5) is 0. The van der Waals surface area contributed by atoms with E-state index in [1.165, 1.54) is 24.8 Å². The summed E-state index contributed by atoms with van der Waals surface area (Å²) in [5.74, 6) is 0.929. The number of rotatable bonds is 7. The molecule has 0 radical (unpaired) electrons. The minimum absolute atomic E-state index is 0.929. The first-order chi connectivity index (χ1) is 6.93. The molecule has 1 nitrogen and oxygen atoms in total. The van der Waals surface area contributed by atoms with Crippen molar-refractivity contribution in [3.8, 4) is 0 Å². The maximum atomic E-state index is 4.14. The summed E-state index contributed by atoms with van der Waals surface area (Å²) < 4.78 is 0. The Balaban J connectivity index is 1.99. The van der Waals surface area contributed by atoms with Gasteiger partial charge in [-0.1, -0.05) is 30.3 Å². The molecule has 78 valence electrons. The zero-order valence-electron chi connectivity index (χ0n) is 8.58. The third-order valence-corrected chi connectivity index (χ3v) is 2.42. The lowest BCUT2D eigenvalue weighted by molar-refractivity contribution is 0.643. The third-order valence-electron chi connectivity index (χ3n) is 2.20. The van der Waals surface area contributed by atoms with Crippen LogP contribution in [0.15, 0.2) is 30.3 Å². The van der Waals surface area contributed by atoms with Crippen molar-refractivity contribution in [2.75, 3.05) is 18.8 Å². The topological polar surface area (TPSA) is 12.0 Å². The second-order valence-corrected chi connectivity index (χ2v) is 3.86. The lowest BCUT2D eigenvalue weighted by atomic mass is 10.1. The molecule has 1 rings (SSSR count). The van der Waals surface area contributed by atoms with Crippen molar-refractivity contribution < 1.29 is 0 Å². The minimum Gasteiger partial charge on any atom is -0.316 e. The molecule has 1 aromatic carbocycles. The van der Waals surface area contributed by atoms with E-state index in [-0.39, 0.29) is 0 Å². The van der Waals surface area contributed by atoms with Crippen molar-refractivity contribution in [1.29, 1.82) is 0 Å². The van der Waals surface area contributed by atoms with E-state index >= 15 is 0 Å². The van der Waals surface area contributed by atoms with Gasteiger partial charge in [-0.15, -0.1) is 0 Å². The molecule has 0 atom stereocenters. The first-order valence-corrected chi connectivity index (χ1v) is 5.92. The Kier molecular flexibility index (Phi) is 6.54. The molecule has 0 spiro atoms. The van der Waals surface area contributed by atoms with Crippen LogP contribution in [-0.2, 0) is 6.42 Å². The number of aryl methyl sites for hydroxylation is 1. The van der Waals surface area contributed by atoms with Gasteiger partial charge in [0.15, 0.2) is 0 Å². The number of nitrogens with one attached hydrogen (secondary N) is 1. The van der Waals surface area contributed by atoms with Crippen molar-refractivity contribution in [2.24, 2.45) is 0 Å². The minimum atomic E-state index is 0.929. The Hall–Kier alpha value is -0.470. The Morgan fingerprint density at radius 3 is 2.50 bits per heavy atom. The quantitative estimate of drug-likeness (QED) is 0.519. The van der Waals surface area contributed by atoms with Crippen LogP contribution in [0, 0.1) is 0 Å². The van der Waals surface area contributed by atoms with Gasteiger partial charge in [0.2, 0.25) is 0 Å². The highest BCUT2D eigenvalue weighted by atomic mass is 32.1. The summed E-state index contributed by atoms with van der Waals surface area (Å²) in [6.07, 6.45) is 3.72. The fourth-order valence-electron chi connectivity index (χ4n) is 1.43. The highest BCUT2D eigenvalue weighted by Crippen LogP contribution is 2.03. The summed E-state index contributed by atoms with van der Waals surface area (Å²) in [6, 6.07) is 10.7. The molecule has 0 amide bonds. The molecule has 2 heteroatoms. The molecule has 1 N–H and O–H groups in total. The van der Waals surface area contributed by atoms with Gasteiger partial charge in [0, 0.05) is 12.3 Å². The van der Waals surface area contributed by atoms with Gasteiger partial charge in [-0.2, -0.15) is 12.6 Å². The van der Waals surface area contributed by atoms with E-state index in [0.29, 0.717) is 0 Å². The van der Waals surface area contributed by atoms with Gasteiger partial charge in [0.1, 0.15) is 0 Å². The number of benzene rings is 1. The molecule has 0 saturated carbocycles. The summed E-state index contributed by atoms with van der Waals surface area (Å²) in [6.45, 7) is 2.14. The van der Waals surface area contributed by atoms with Crippen molar-refractivity contribution >= 4 is 12.6 Å². The number of hydrogen-bond donors (Lipinski definition) is 2. The van der Waals surface area contributed by atoms with Crippen LogP contribution in [0.5, 0.6) is 0 Å². The van der Waals surface area contributed by atoms with Crippen molar-refractivity contribution in [3.05, 3.63) is 35.9 Å². The molecule has 0 heterocycles. The molecule has 0 bridgehead atoms. The highest BCUT2D eigenvalue weighted by Gasteiger charge is 1.91. The first kappa shape index (κ1) is 11.6. The van der Waals surface area contributed by atoms with Gasteiger partial charge in [0.25, 0.3) is 0 Å². The summed E-state index contributed by atoms with van der Waals surface area (Å²) >= 11 is 4.14. The van der Waals surface area contributed by atoms with Gasteiger partial charge in [-0.25, -0.2) is 0 Å². The highest BCUT2D eigenvalue weighted by molar-refractivity contribution is 7.80. The molecule has 0 aliphatic carbocycles. The Labute approximate surface area is 92.3 Å². The monoisotopic (exact) mass is 209 g/mol. The van der Waals surface area contributed by atoms with E-state index in [4.69, 9.17) is 0 Å². The van der Waals surface area contributed by atoms with E-state index < -0.39 is 0 Å². The molecule has 0 aromatic heterocycles. The van der Waals surface area contributed by atoms with Crippen LogP contribution < -0.4 is 5.32 Å². The van der Waals surface area contributed by atoms with Gasteiger partial charge in [0.05, 0.1) is 0 Å². The predicted octanol–water partition coefficient (Wildman–Crippen LogP) is 2.53. The summed E-state index contributed by atoms with van der Waals surface area (Å²) in [5.41, 5.74) is 1.45. The Morgan fingerprint density at radius 1 is 1.00 bits per heavy atom. The lowest BCUT2D eigenvalue weighted by Gasteiger charge is -2.02. The average Bonchev–Trinajstić information content (AvgIpc) is 2.25. The van der Waals surface area contributed by atoms with E-state index in [2.05, 4.69) is 48.3 Å². The molecule has 0 aliphatic rings. The van der Waals surface area contributed by atoms with Crippen LogP contribution in [0.25, 0.3) is 0 Å². The average molecular weight is 209 g/mol. The van der Waals surface area contributed by atoms with E-state index in [1.807, 2.05) is 0 Å². The molecule has 0 fully saturated rings. The van der Waals surface area contributed by atoms with E-state index in [0.717, 1.165) is 18.8 Å². The van der Waals surface area contributed by atoms with Gasteiger partial charge in [-0.3, -0.25) is 0 Å². The molecule has 14 heavy (non-hydrogen) atoms. The first-order valence-electron chi connectivity index (χ1n) is 5.29. The predicted molar refractivity (Wildman–Crippen MR) is 66.1 cm³/mol. The smallest absolute Gasteiger partial charge is 0.00397 e. The van der Waals surface area contributed by atoms with E-state index in [9.17, 15) is 0 Å². The summed E-state index contributed by atoms with van der Waals surface area (Å²) in [7, 11) is 0. The zero-order chi connectivity index (χ0) is 10.1. The van der Waals surface area contributed by atoms with Crippen LogP contribution in [0.4, 0.5) is 0 Å². The molecular formula is C12H19NS. The van der Waals surface area contributed by atoms with Crippen molar-refractivity contribution in [1.82, 2.24) is 5.32 Å². The lowest BCUT2D eigenvalue weighted by Crippen LogP contribution is -2.17. The number of hydrogen-bond acceptors (Lipinski definition) is 2. The van der Waals surface area contributed by atoms with Crippen LogP contribution in [0.1, 0.15) is 18.4 Å². The van der Waals surface area contributed by atoms with Crippen molar-refractivity contribution in [2.45, 2.75) is 19.3 Å². The van der Waals surface area contributed by atoms with E-state index in [1.54, 1.807) is 0 Å². The Morgan fingerprint density at radius 2 is 1.79 bits per heavy atom. The molecule has 1 aromatic rings. The second-order valence-electron chi connectivity index (χ2n) is 3.42.